The van der Waals surface area contributed by atoms with Crippen molar-refractivity contribution in [2.24, 2.45) is 11.7 Å². The van der Waals surface area contributed by atoms with E-state index >= 15 is 0 Å². The van der Waals surface area contributed by atoms with E-state index in [1.54, 1.807) is 12.1 Å². The number of rotatable bonds is 4. The van der Waals surface area contributed by atoms with E-state index in [0.29, 0.717) is 18.0 Å². The quantitative estimate of drug-likeness (QED) is 0.874. The molecule has 6 nitrogen and oxygen atoms in total. The summed E-state index contributed by atoms with van der Waals surface area (Å²) in [6.45, 7) is 5.53. The highest BCUT2D eigenvalue weighted by molar-refractivity contribution is 6.04. The lowest BCUT2D eigenvalue weighted by Gasteiger charge is -2.38. The Bertz CT molecular complexity index is 571. The van der Waals surface area contributed by atoms with Gasteiger partial charge in [-0.15, -0.1) is 0 Å². The number of benzene rings is 1. The third-order valence-corrected chi connectivity index (χ3v) is 3.60. The summed E-state index contributed by atoms with van der Waals surface area (Å²) in [6, 6.07) is 4.30. The minimum Gasteiger partial charge on any atom is -0.480 e. The number of hydrogen-bond acceptors (Lipinski definition) is 4. The number of amides is 1. The van der Waals surface area contributed by atoms with E-state index in [9.17, 15) is 14.7 Å². The van der Waals surface area contributed by atoms with Crippen molar-refractivity contribution in [2.45, 2.75) is 39.5 Å². The zero-order valence-corrected chi connectivity index (χ0v) is 12.4. The number of anilines is 1. The van der Waals surface area contributed by atoms with Crippen LogP contribution in [-0.4, -0.2) is 29.1 Å². The summed E-state index contributed by atoms with van der Waals surface area (Å²) in [4.78, 5) is 25.2. The Kier molecular flexibility index (Phi) is 4.18. The molecule has 1 aromatic carbocycles. The van der Waals surface area contributed by atoms with Gasteiger partial charge in [0.05, 0.1) is 5.69 Å². The predicted octanol–water partition coefficient (Wildman–Crippen LogP) is 1.37. The van der Waals surface area contributed by atoms with Gasteiger partial charge in [-0.3, -0.25) is 9.69 Å². The number of nitrogens with two attached hydrogens (primary N) is 1. The van der Waals surface area contributed by atoms with Crippen molar-refractivity contribution < 1.29 is 19.4 Å². The van der Waals surface area contributed by atoms with E-state index in [4.69, 9.17) is 10.5 Å². The third-order valence-electron chi connectivity index (χ3n) is 3.60. The molecule has 114 valence electrons. The number of aliphatic carboxylic acids is 1. The minimum absolute atomic E-state index is 0.0525. The van der Waals surface area contributed by atoms with Crippen molar-refractivity contribution in [3.63, 3.8) is 0 Å². The van der Waals surface area contributed by atoms with E-state index in [2.05, 4.69) is 0 Å². The Morgan fingerprint density at radius 2 is 2.10 bits per heavy atom. The van der Waals surface area contributed by atoms with Gasteiger partial charge in [-0.25, -0.2) is 4.79 Å². The fourth-order valence-electron chi connectivity index (χ4n) is 2.35. The van der Waals surface area contributed by atoms with Gasteiger partial charge in [-0.05, 0) is 30.5 Å². The number of carbonyl (C=O) groups is 2. The Balaban J connectivity index is 2.54. The first-order valence-electron chi connectivity index (χ1n) is 6.92. The Morgan fingerprint density at radius 1 is 1.43 bits per heavy atom. The molecule has 1 aliphatic heterocycles. The van der Waals surface area contributed by atoms with Crippen molar-refractivity contribution in [3.05, 3.63) is 23.8 Å². The van der Waals surface area contributed by atoms with Gasteiger partial charge in [-0.2, -0.15) is 0 Å². The highest BCUT2D eigenvalue weighted by Gasteiger charge is 2.40. The summed E-state index contributed by atoms with van der Waals surface area (Å²) in [5.41, 5.74) is 6.90. The zero-order valence-electron chi connectivity index (χ0n) is 12.4. The van der Waals surface area contributed by atoms with Crippen molar-refractivity contribution >= 4 is 17.6 Å². The first-order valence-corrected chi connectivity index (χ1v) is 6.92. The maximum Gasteiger partial charge on any atom is 0.326 e. The Hall–Kier alpha value is -2.08. The molecule has 21 heavy (non-hydrogen) atoms. The second-order valence-corrected chi connectivity index (χ2v) is 5.51. The smallest absolute Gasteiger partial charge is 0.326 e. The van der Waals surface area contributed by atoms with E-state index in [0.717, 1.165) is 5.56 Å². The largest absolute Gasteiger partial charge is 0.480 e. The van der Waals surface area contributed by atoms with Gasteiger partial charge in [0.2, 0.25) is 0 Å². The zero-order chi connectivity index (χ0) is 15.7. The maximum absolute atomic E-state index is 12.6. The fraction of sp³-hybridized carbons (Fsp3) is 0.467. The van der Waals surface area contributed by atoms with Crippen molar-refractivity contribution in [3.8, 4) is 5.75 Å². The van der Waals surface area contributed by atoms with Gasteiger partial charge in [-0.1, -0.05) is 19.9 Å². The normalized spacial score (nSPS) is 19.2. The van der Waals surface area contributed by atoms with Gasteiger partial charge in [0.25, 0.3) is 5.91 Å². The van der Waals surface area contributed by atoms with Crippen LogP contribution in [0.15, 0.2) is 18.2 Å². The average molecular weight is 292 g/mol. The molecule has 0 fully saturated rings. The molecule has 0 aliphatic carbocycles. The van der Waals surface area contributed by atoms with Gasteiger partial charge < -0.3 is 15.6 Å². The molecule has 0 radical (unpaired) electrons. The lowest BCUT2D eigenvalue weighted by atomic mass is 10.0. The number of hydrogen-bond donors (Lipinski definition) is 2. The summed E-state index contributed by atoms with van der Waals surface area (Å²) < 4.78 is 5.74. The molecular formula is C15H20N2O4. The second kappa shape index (κ2) is 5.73. The molecule has 0 aromatic heterocycles. The lowest BCUT2D eigenvalue weighted by Crippen LogP contribution is -2.54. The summed E-state index contributed by atoms with van der Waals surface area (Å²) in [5, 5.41) is 9.27. The highest BCUT2D eigenvalue weighted by Crippen LogP contribution is 2.37. The average Bonchev–Trinajstić information content (AvgIpc) is 2.44. The number of carboxylic acid groups (broad SMARTS) is 1. The van der Waals surface area contributed by atoms with Crippen LogP contribution < -0.4 is 15.4 Å². The molecule has 6 heteroatoms. The van der Waals surface area contributed by atoms with Crippen LogP contribution in [0.3, 0.4) is 0 Å². The topological polar surface area (TPSA) is 92.9 Å². The first-order chi connectivity index (χ1) is 9.86. The first kappa shape index (κ1) is 15.3. The summed E-state index contributed by atoms with van der Waals surface area (Å²) in [6.07, 6.45) is -0.678. The van der Waals surface area contributed by atoms with Crippen molar-refractivity contribution in [1.29, 1.82) is 0 Å². The molecule has 0 saturated carbocycles. The Morgan fingerprint density at radius 3 is 2.62 bits per heavy atom. The maximum atomic E-state index is 12.6. The monoisotopic (exact) mass is 292 g/mol. The predicted molar refractivity (Wildman–Crippen MR) is 78.2 cm³/mol. The molecule has 1 aliphatic rings. The van der Waals surface area contributed by atoms with Gasteiger partial charge in [0.1, 0.15) is 11.8 Å². The standard InChI is InChI=1S/C15H20N2O4/c1-8(2)13-14(18)17(9(3)15(19)20)11-6-10(7-16)4-5-12(11)21-13/h4-6,8-9,13H,7,16H2,1-3H3,(H,19,20). The molecule has 1 amide bonds. The number of ether oxygens (including phenoxy) is 1. The summed E-state index contributed by atoms with van der Waals surface area (Å²) in [5.74, 6) is -0.930. The van der Waals surface area contributed by atoms with Crippen LogP contribution in [0.4, 0.5) is 5.69 Å². The number of carboxylic acids is 1. The molecule has 2 rings (SSSR count). The lowest BCUT2D eigenvalue weighted by molar-refractivity contribution is -0.141. The van der Waals surface area contributed by atoms with E-state index in [1.807, 2.05) is 19.9 Å². The van der Waals surface area contributed by atoms with Crippen LogP contribution in [-0.2, 0) is 16.1 Å². The molecule has 0 saturated heterocycles. The number of nitrogens with zero attached hydrogens (tertiary/aromatic N) is 1. The van der Waals surface area contributed by atoms with Crippen molar-refractivity contribution in [1.82, 2.24) is 0 Å². The molecule has 1 heterocycles. The SMILES string of the molecule is CC(C)C1Oc2ccc(CN)cc2N(C(C)C(=O)O)C1=O. The van der Waals surface area contributed by atoms with Crippen LogP contribution >= 0.6 is 0 Å². The van der Waals surface area contributed by atoms with Crippen LogP contribution in [0.2, 0.25) is 0 Å². The highest BCUT2D eigenvalue weighted by atomic mass is 16.5. The van der Waals surface area contributed by atoms with E-state index < -0.39 is 18.1 Å². The van der Waals surface area contributed by atoms with Gasteiger partial charge in [0, 0.05) is 6.54 Å². The van der Waals surface area contributed by atoms with Crippen molar-refractivity contribution in [2.75, 3.05) is 4.90 Å². The number of fused-ring (bicyclic) bond motifs is 1. The third kappa shape index (κ3) is 2.71. The molecule has 2 atom stereocenters. The van der Waals surface area contributed by atoms with Gasteiger partial charge in [0.15, 0.2) is 6.10 Å². The second-order valence-electron chi connectivity index (χ2n) is 5.51. The van der Waals surface area contributed by atoms with Crippen LogP contribution in [0.1, 0.15) is 26.3 Å². The van der Waals surface area contributed by atoms with E-state index in [1.165, 1.54) is 11.8 Å². The minimum atomic E-state index is -1.06. The number of carbonyl (C=O) groups excluding carboxylic acids is 1. The molecule has 0 bridgehead atoms. The molecule has 0 spiro atoms. The molecule has 1 aromatic rings. The fourth-order valence-corrected chi connectivity index (χ4v) is 2.35. The van der Waals surface area contributed by atoms with E-state index in [-0.39, 0.29) is 11.8 Å². The van der Waals surface area contributed by atoms with Crippen LogP contribution in [0.5, 0.6) is 5.75 Å². The Labute approximate surface area is 123 Å². The molecule has 2 unspecified atom stereocenters. The molecule has 3 N–H and O–H groups in total. The summed E-state index contributed by atoms with van der Waals surface area (Å²) >= 11 is 0. The molecular weight excluding hydrogens is 272 g/mol. The van der Waals surface area contributed by atoms with Crippen LogP contribution in [0, 0.1) is 5.92 Å². The summed E-state index contributed by atoms with van der Waals surface area (Å²) in [7, 11) is 0. The van der Waals surface area contributed by atoms with Crippen LogP contribution in [0.25, 0.3) is 0 Å². The van der Waals surface area contributed by atoms with Gasteiger partial charge >= 0.3 is 5.97 Å².